The zero-order chi connectivity index (χ0) is 19.8. The normalized spacial score (nSPS) is 11.6. The summed E-state index contributed by atoms with van der Waals surface area (Å²) in [4.78, 5) is 27.0. The second kappa shape index (κ2) is 9.76. The van der Waals surface area contributed by atoms with Crippen LogP contribution in [0.2, 0.25) is 0 Å². The minimum Gasteiger partial charge on any atom is -0.497 e. The lowest BCUT2D eigenvalue weighted by molar-refractivity contribution is -0.140. The number of aryl methyl sites for hydroxylation is 1. The Bertz CT molecular complexity index is 771. The molecule has 0 aliphatic carbocycles. The molecule has 1 atom stereocenters. The molecule has 5 nitrogen and oxygen atoms in total. The minimum atomic E-state index is -0.561. The van der Waals surface area contributed by atoms with Gasteiger partial charge < -0.3 is 15.0 Å². The average molecular weight is 368 g/mol. The summed E-state index contributed by atoms with van der Waals surface area (Å²) in [6.07, 6.45) is 0.258. The number of ether oxygens (including phenoxy) is 1. The molecule has 2 aromatic carbocycles. The fourth-order valence-corrected chi connectivity index (χ4v) is 2.85. The van der Waals surface area contributed by atoms with Crippen LogP contribution in [0.1, 0.15) is 30.5 Å². The molecule has 0 bridgehead atoms. The monoisotopic (exact) mass is 368 g/mol. The fourth-order valence-electron chi connectivity index (χ4n) is 2.85. The fraction of sp³-hybridized carbons (Fsp3) is 0.364. The maximum atomic E-state index is 13.0. The number of rotatable bonds is 8. The molecule has 0 saturated heterocycles. The number of methoxy groups -OCH3 is 1. The lowest BCUT2D eigenvalue weighted by atomic mass is 10.1. The van der Waals surface area contributed by atoms with Crippen LogP contribution in [0, 0.1) is 6.92 Å². The summed E-state index contributed by atoms with van der Waals surface area (Å²) in [5, 5.41) is 2.80. The first-order chi connectivity index (χ1) is 12.9. The van der Waals surface area contributed by atoms with Gasteiger partial charge in [-0.2, -0.15) is 0 Å². The highest BCUT2D eigenvalue weighted by atomic mass is 16.5. The number of carbonyl (C=O) groups is 2. The summed E-state index contributed by atoms with van der Waals surface area (Å²) in [5.41, 5.74) is 3.00. The van der Waals surface area contributed by atoms with E-state index in [1.807, 2.05) is 62.4 Å². The standard InChI is InChI=1S/C22H28N2O3/c1-5-23-22(26)17(3)24(15-19-7-6-8-20(13-19)27-4)21(25)14-18-11-9-16(2)10-12-18/h6-13,17H,5,14-15H2,1-4H3,(H,23,26)/t17-/m1/s1. The Balaban J connectivity index is 2.23. The second-order valence-electron chi connectivity index (χ2n) is 6.61. The predicted molar refractivity (Wildman–Crippen MR) is 107 cm³/mol. The molecule has 0 fully saturated rings. The molecule has 0 aliphatic heterocycles. The molecular weight excluding hydrogens is 340 g/mol. The Morgan fingerprint density at radius 1 is 1.11 bits per heavy atom. The van der Waals surface area contributed by atoms with Crippen molar-refractivity contribution in [1.29, 1.82) is 0 Å². The van der Waals surface area contributed by atoms with Gasteiger partial charge in [0.05, 0.1) is 13.5 Å². The maximum Gasteiger partial charge on any atom is 0.242 e. The van der Waals surface area contributed by atoms with E-state index < -0.39 is 6.04 Å². The van der Waals surface area contributed by atoms with E-state index in [9.17, 15) is 9.59 Å². The summed E-state index contributed by atoms with van der Waals surface area (Å²) in [6.45, 7) is 6.52. The highest BCUT2D eigenvalue weighted by Gasteiger charge is 2.26. The molecule has 0 saturated carbocycles. The Morgan fingerprint density at radius 2 is 1.81 bits per heavy atom. The molecule has 0 aliphatic rings. The summed E-state index contributed by atoms with van der Waals surface area (Å²) in [5.74, 6) is 0.488. The Morgan fingerprint density at radius 3 is 2.44 bits per heavy atom. The molecule has 5 heteroatoms. The van der Waals surface area contributed by atoms with Crippen molar-refractivity contribution in [2.75, 3.05) is 13.7 Å². The number of benzene rings is 2. The van der Waals surface area contributed by atoms with E-state index >= 15 is 0 Å². The number of nitrogens with zero attached hydrogens (tertiary/aromatic N) is 1. The number of hydrogen-bond acceptors (Lipinski definition) is 3. The molecule has 2 aromatic rings. The van der Waals surface area contributed by atoms with Gasteiger partial charge in [0.2, 0.25) is 11.8 Å². The van der Waals surface area contributed by atoms with E-state index in [0.29, 0.717) is 13.1 Å². The van der Waals surface area contributed by atoms with Crippen molar-refractivity contribution < 1.29 is 14.3 Å². The summed E-state index contributed by atoms with van der Waals surface area (Å²) >= 11 is 0. The van der Waals surface area contributed by atoms with Crippen molar-refractivity contribution in [3.8, 4) is 5.75 Å². The molecule has 2 amide bonds. The molecule has 0 unspecified atom stereocenters. The van der Waals surface area contributed by atoms with E-state index in [-0.39, 0.29) is 18.2 Å². The van der Waals surface area contributed by atoms with Crippen LogP contribution in [0.15, 0.2) is 48.5 Å². The van der Waals surface area contributed by atoms with Gasteiger partial charge in [0.1, 0.15) is 11.8 Å². The van der Waals surface area contributed by atoms with Gasteiger partial charge in [0.25, 0.3) is 0 Å². The van der Waals surface area contributed by atoms with Crippen LogP contribution in [0.25, 0.3) is 0 Å². The number of likely N-dealkylation sites (N-methyl/N-ethyl adjacent to an activating group) is 1. The van der Waals surface area contributed by atoms with Gasteiger partial charge in [0.15, 0.2) is 0 Å². The van der Waals surface area contributed by atoms with Crippen molar-refractivity contribution in [2.24, 2.45) is 0 Å². The summed E-state index contributed by atoms with van der Waals surface area (Å²) in [6, 6.07) is 14.9. The van der Waals surface area contributed by atoms with Crippen LogP contribution in [0.5, 0.6) is 5.75 Å². The Kier molecular flexibility index (Phi) is 7.41. The molecule has 2 rings (SSSR count). The molecule has 1 N–H and O–H groups in total. The lowest BCUT2D eigenvalue weighted by Crippen LogP contribution is -2.48. The third-order valence-corrected chi connectivity index (χ3v) is 4.48. The molecule has 144 valence electrons. The van der Waals surface area contributed by atoms with Crippen LogP contribution in [-0.2, 0) is 22.6 Å². The lowest BCUT2D eigenvalue weighted by Gasteiger charge is -2.29. The molecule has 27 heavy (non-hydrogen) atoms. The summed E-state index contributed by atoms with van der Waals surface area (Å²) < 4.78 is 5.27. The number of hydrogen-bond donors (Lipinski definition) is 1. The van der Waals surface area contributed by atoms with Gasteiger partial charge >= 0.3 is 0 Å². The number of amides is 2. The second-order valence-corrected chi connectivity index (χ2v) is 6.61. The van der Waals surface area contributed by atoms with Crippen LogP contribution in [0.3, 0.4) is 0 Å². The highest BCUT2D eigenvalue weighted by molar-refractivity contribution is 5.88. The van der Waals surface area contributed by atoms with Crippen molar-refractivity contribution in [1.82, 2.24) is 10.2 Å². The van der Waals surface area contributed by atoms with Crippen LogP contribution in [0.4, 0.5) is 0 Å². The van der Waals surface area contributed by atoms with Gasteiger partial charge in [0, 0.05) is 13.1 Å². The van der Waals surface area contributed by atoms with Gasteiger partial charge in [-0.3, -0.25) is 9.59 Å². The van der Waals surface area contributed by atoms with Crippen molar-refractivity contribution in [2.45, 2.75) is 39.8 Å². The third-order valence-electron chi connectivity index (χ3n) is 4.48. The zero-order valence-electron chi connectivity index (χ0n) is 16.5. The molecule has 0 heterocycles. The first kappa shape index (κ1) is 20.5. The van der Waals surface area contributed by atoms with Crippen LogP contribution in [-0.4, -0.2) is 36.4 Å². The van der Waals surface area contributed by atoms with Gasteiger partial charge in [-0.1, -0.05) is 42.0 Å². The largest absolute Gasteiger partial charge is 0.497 e. The Hall–Kier alpha value is -2.82. The molecule has 0 spiro atoms. The summed E-state index contributed by atoms with van der Waals surface area (Å²) in [7, 11) is 1.61. The quantitative estimate of drug-likeness (QED) is 0.779. The molecular formula is C22H28N2O3. The van der Waals surface area contributed by atoms with Crippen molar-refractivity contribution in [3.05, 3.63) is 65.2 Å². The average Bonchev–Trinajstić information content (AvgIpc) is 2.67. The van der Waals surface area contributed by atoms with Crippen LogP contribution >= 0.6 is 0 Å². The maximum absolute atomic E-state index is 13.0. The number of carbonyl (C=O) groups excluding carboxylic acids is 2. The number of nitrogens with one attached hydrogen (secondary N) is 1. The van der Waals surface area contributed by atoms with Gasteiger partial charge in [-0.25, -0.2) is 0 Å². The zero-order valence-corrected chi connectivity index (χ0v) is 16.5. The molecule has 0 aromatic heterocycles. The Labute approximate surface area is 161 Å². The third kappa shape index (κ3) is 5.84. The van der Waals surface area contributed by atoms with E-state index in [0.717, 1.165) is 22.4 Å². The van der Waals surface area contributed by atoms with Gasteiger partial charge in [-0.15, -0.1) is 0 Å². The van der Waals surface area contributed by atoms with Crippen molar-refractivity contribution in [3.63, 3.8) is 0 Å². The van der Waals surface area contributed by atoms with Crippen molar-refractivity contribution >= 4 is 11.8 Å². The first-order valence-electron chi connectivity index (χ1n) is 9.20. The smallest absolute Gasteiger partial charge is 0.242 e. The SMILES string of the molecule is CCNC(=O)[C@@H](C)N(Cc1cccc(OC)c1)C(=O)Cc1ccc(C)cc1. The highest BCUT2D eigenvalue weighted by Crippen LogP contribution is 2.17. The van der Waals surface area contributed by atoms with Gasteiger partial charge in [-0.05, 0) is 44.0 Å². The van der Waals surface area contributed by atoms with E-state index in [2.05, 4.69) is 5.32 Å². The topological polar surface area (TPSA) is 58.6 Å². The van der Waals surface area contributed by atoms with E-state index in [1.54, 1.807) is 18.9 Å². The first-order valence-corrected chi connectivity index (χ1v) is 9.20. The molecule has 0 radical (unpaired) electrons. The predicted octanol–water partition coefficient (Wildman–Crippen LogP) is 3.10. The van der Waals surface area contributed by atoms with Crippen LogP contribution < -0.4 is 10.1 Å². The van der Waals surface area contributed by atoms with E-state index in [4.69, 9.17) is 4.74 Å². The van der Waals surface area contributed by atoms with E-state index in [1.165, 1.54) is 0 Å². The minimum absolute atomic E-state index is 0.0829.